The molecule has 0 heterocycles. The summed E-state index contributed by atoms with van der Waals surface area (Å²) in [5.74, 6) is 0. The van der Waals surface area contributed by atoms with Crippen molar-refractivity contribution in [3.05, 3.63) is 0 Å². The number of halogens is 3. The van der Waals surface area contributed by atoms with Crippen molar-refractivity contribution in [2.45, 2.75) is 19.2 Å². The van der Waals surface area contributed by atoms with Crippen molar-refractivity contribution in [2.75, 3.05) is 0 Å². The molecule has 0 aliphatic carbocycles. The van der Waals surface area contributed by atoms with Crippen LogP contribution in [0.4, 0.5) is 0 Å². The molecule has 0 spiro atoms. The Morgan fingerprint density at radius 1 is 1.43 bits per heavy atom. The molecule has 44 valence electrons. The number of hydrogen-bond donors (Lipinski definition) is 0. The summed E-state index contributed by atoms with van der Waals surface area (Å²) in [6, 6.07) is 0. The lowest BCUT2D eigenvalue weighted by molar-refractivity contribution is 0.966. The molecule has 0 aliphatic rings. The second-order valence-electron chi connectivity index (χ2n) is 1.57. The highest BCUT2D eigenvalue weighted by atomic mass is 127. The second kappa shape index (κ2) is 3.38. The van der Waals surface area contributed by atoms with E-state index < -0.39 is 0 Å². The topological polar surface area (TPSA) is 0 Å². The predicted octanol–water partition coefficient (Wildman–Crippen LogP) is 3.40. The molecule has 0 bridgehead atoms. The summed E-state index contributed by atoms with van der Waals surface area (Å²) in [4.78, 5) is 0. The summed E-state index contributed by atoms with van der Waals surface area (Å²) >= 11 is 7.33. The molecule has 0 aliphatic heterocycles. The molecule has 0 unspecified atom stereocenters. The van der Waals surface area contributed by atoms with Crippen LogP contribution in [0.5, 0.6) is 0 Å². The number of rotatable bonds is 1. The van der Waals surface area contributed by atoms with E-state index in [1.54, 1.807) is 0 Å². The first-order valence-corrected chi connectivity index (χ1v) is 5.37. The van der Waals surface area contributed by atoms with Crippen LogP contribution in [0, 0.1) is 0 Å². The zero-order chi connectivity index (χ0) is 6.08. The molecule has 0 radical (unpaired) electrons. The number of alkyl halides is 3. The first-order chi connectivity index (χ1) is 2.94. The van der Waals surface area contributed by atoms with Gasteiger partial charge in [-0.3, -0.25) is 0 Å². The molecule has 0 aromatic rings. The van der Waals surface area contributed by atoms with Gasteiger partial charge in [-0.15, -0.1) is 0 Å². The molecule has 0 rings (SSSR count). The van der Waals surface area contributed by atoms with Crippen molar-refractivity contribution in [1.82, 2.24) is 0 Å². The fourth-order valence-electron chi connectivity index (χ4n) is 0. The van der Waals surface area contributed by atoms with Crippen molar-refractivity contribution < 1.29 is 0 Å². The minimum Gasteiger partial charge on any atom is -0.0806 e. The Morgan fingerprint density at radius 3 is 1.57 bits per heavy atom. The maximum atomic E-state index is 2.45. The highest BCUT2D eigenvalue weighted by Crippen LogP contribution is 2.34. The lowest BCUT2D eigenvalue weighted by atomic mass is 10.4. The van der Waals surface area contributed by atoms with Crippen LogP contribution < -0.4 is 0 Å². The van der Waals surface area contributed by atoms with Crippen molar-refractivity contribution in [3.63, 3.8) is 0 Å². The van der Waals surface area contributed by atoms with Crippen LogP contribution in [0.15, 0.2) is 0 Å². The van der Waals surface area contributed by atoms with Crippen LogP contribution in [-0.4, -0.2) is 5.35 Å². The second-order valence-corrected chi connectivity index (χ2v) is 9.99. The van der Waals surface area contributed by atoms with Crippen LogP contribution in [0.3, 0.4) is 0 Å². The van der Waals surface area contributed by atoms with E-state index in [-0.39, 0.29) is 0 Å². The van der Waals surface area contributed by atoms with Crippen LogP contribution in [0.1, 0.15) is 13.8 Å². The van der Waals surface area contributed by atoms with Gasteiger partial charge in [0.25, 0.3) is 0 Å². The average Bonchev–Trinajstić information content (AvgIpc) is 1.31. The molecule has 1 atom stereocenters. The maximum absolute atomic E-state index is 2.45. The largest absolute Gasteiger partial charge is 0.0820 e. The molecule has 0 fully saturated rings. The van der Waals surface area contributed by atoms with Crippen LogP contribution >= 0.6 is 67.8 Å². The molecular formula is C4H7I3. The van der Waals surface area contributed by atoms with Gasteiger partial charge in [0.2, 0.25) is 0 Å². The SMILES string of the molecule is C[C@H](I)C(C)(I)I. The van der Waals surface area contributed by atoms with Gasteiger partial charge in [-0.1, -0.05) is 74.7 Å². The van der Waals surface area contributed by atoms with Gasteiger partial charge in [0.1, 0.15) is 0 Å². The molecule has 0 amide bonds. The predicted molar refractivity (Wildman–Crippen MR) is 59.9 cm³/mol. The Morgan fingerprint density at radius 2 is 1.57 bits per heavy atom. The lowest BCUT2D eigenvalue weighted by Gasteiger charge is -2.16. The van der Waals surface area contributed by atoms with E-state index in [1.807, 2.05) is 0 Å². The zero-order valence-corrected chi connectivity index (χ0v) is 10.7. The summed E-state index contributed by atoms with van der Waals surface area (Å²) in [6.45, 7) is 4.45. The molecule has 0 saturated heterocycles. The average molecular weight is 436 g/mol. The highest BCUT2D eigenvalue weighted by molar-refractivity contribution is 14.2. The molecular weight excluding hydrogens is 429 g/mol. The van der Waals surface area contributed by atoms with Crippen LogP contribution in [-0.2, 0) is 0 Å². The number of hydrogen-bond acceptors (Lipinski definition) is 0. The van der Waals surface area contributed by atoms with Crippen molar-refractivity contribution >= 4 is 67.8 Å². The van der Waals surface area contributed by atoms with Gasteiger partial charge in [0, 0.05) is 3.92 Å². The van der Waals surface area contributed by atoms with E-state index in [0.717, 1.165) is 3.92 Å². The minimum atomic E-state index is 0.427. The molecule has 0 N–H and O–H groups in total. The van der Waals surface area contributed by atoms with E-state index in [4.69, 9.17) is 0 Å². The quantitative estimate of drug-likeness (QED) is 0.437. The van der Waals surface area contributed by atoms with Gasteiger partial charge in [0.05, 0.1) is 1.43 Å². The molecule has 0 aromatic carbocycles. The van der Waals surface area contributed by atoms with Crippen molar-refractivity contribution in [1.29, 1.82) is 0 Å². The smallest absolute Gasteiger partial charge is 0.0806 e. The first-order valence-electron chi connectivity index (χ1n) is 1.96. The van der Waals surface area contributed by atoms with Gasteiger partial charge >= 0.3 is 0 Å². The summed E-state index contributed by atoms with van der Waals surface area (Å²) in [7, 11) is 0. The Hall–Kier alpha value is 2.19. The van der Waals surface area contributed by atoms with Crippen LogP contribution in [0.25, 0.3) is 0 Å². The van der Waals surface area contributed by atoms with Crippen molar-refractivity contribution in [3.8, 4) is 0 Å². The third kappa shape index (κ3) is 4.68. The fraction of sp³-hybridized carbons (Fsp3) is 1.00. The summed E-state index contributed by atoms with van der Waals surface area (Å²) in [6.07, 6.45) is 0. The van der Waals surface area contributed by atoms with Crippen molar-refractivity contribution in [2.24, 2.45) is 0 Å². The lowest BCUT2D eigenvalue weighted by Crippen LogP contribution is -2.15. The third-order valence-corrected chi connectivity index (χ3v) is 6.20. The van der Waals surface area contributed by atoms with Gasteiger partial charge in [-0.2, -0.15) is 0 Å². The minimum absolute atomic E-state index is 0.427. The van der Waals surface area contributed by atoms with Crippen LogP contribution in [0.2, 0.25) is 0 Å². The van der Waals surface area contributed by atoms with Gasteiger partial charge in [-0.05, 0) is 6.92 Å². The third-order valence-electron chi connectivity index (χ3n) is 0.698. The van der Waals surface area contributed by atoms with E-state index in [0.29, 0.717) is 1.43 Å². The zero-order valence-electron chi connectivity index (χ0n) is 4.21. The Kier molecular flexibility index (Phi) is 4.44. The molecule has 0 nitrogen and oxygen atoms in total. The highest BCUT2D eigenvalue weighted by Gasteiger charge is 2.20. The van der Waals surface area contributed by atoms with Gasteiger partial charge in [-0.25, -0.2) is 0 Å². The fourth-order valence-corrected chi connectivity index (χ4v) is 0. The summed E-state index contributed by atoms with van der Waals surface area (Å²) in [5.41, 5.74) is 0. The maximum Gasteiger partial charge on any atom is 0.0820 e. The molecule has 0 aromatic heterocycles. The Labute approximate surface area is 85.6 Å². The summed E-state index contributed by atoms with van der Waals surface area (Å²) < 4.78 is 1.17. The normalized spacial score (nSPS) is 16.7. The molecule has 0 saturated carbocycles. The standard InChI is InChI=1S/C4H7I3/c1-3(5)4(2,6)7/h3H,1-2H3/t3-/m0/s1. The summed E-state index contributed by atoms with van der Waals surface area (Å²) in [5, 5.41) is 0. The molecule has 3 heteroatoms. The van der Waals surface area contributed by atoms with E-state index >= 15 is 0 Å². The van der Waals surface area contributed by atoms with Gasteiger partial charge in [0.15, 0.2) is 0 Å². The van der Waals surface area contributed by atoms with E-state index in [9.17, 15) is 0 Å². The van der Waals surface area contributed by atoms with E-state index in [1.165, 1.54) is 0 Å². The molecule has 7 heavy (non-hydrogen) atoms. The monoisotopic (exact) mass is 436 g/mol. The van der Waals surface area contributed by atoms with E-state index in [2.05, 4.69) is 81.6 Å². The Balaban J connectivity index is 3.54. The Bertz CT molecular complexity index is 52.4. The first kappa shape index (κ1) is 9.19. The van der Waals surface area contributed by atoms with Gasteiger partial charge < -0.3 is 0 Å².